The summed E-state index contributed by atoms with van der Waals surface area (Å²) in [7, 11) is 0. The largest absolute Gasteiger partial charge is 0.338 e. The molecule has 1 heterocycles. The summed E-state index contributed by atoms with van der Waals surface area (Å²) >= 11 is 0. The summed E-state index contributed by atoms with van der Waals surface area (Å²) in [5.74, 6) is 0.957. The zero-order valence-electron chi connectivity index (χ0n) is 8.96. The molecule has 0 N–H and O–H groups in total. The average Bonchev–Trinajstić information content (AvgIpc) is 2.13. The number of nitrogens with zero attached hydrogens (tertiary/aromatic N) is 1. The van der Waals surface area contributed by atoms with Crippen molar-refractivity contribution in [3.05, 3.63) is 12.7 Å². The Bertz CT molecular complexity index is 253. The normalized spacial score (nSPS) is 29.8. The van der Waals surface area contributed by atoms with Crippen molar-refractivity contribution in [3.8, 4) is 0 Å². The highest BCUT2D eigenvalue weighted by atomic mass is 16.2. The molecule has 1 atom stereocenters. The molecule has 0 bridgehead atoms. The average molecular weight is 193 g/mol. The van der Waals surface area contributed by atoms with Gasteiger partial charge in [-0.15, -0.1) is 0 Å². The minimum Gasteiger partial charge on any atom is -0.338 e. The van der Waals surface area contributed by atoms with Crippen molar-refractivity contribution in [1.82, 2.24) is 4.90 Å². The van der Waals surface area contributed by atoms with Crippen LogP contribution in [-0.2, 0) is 4.79 Å². The van der Waals surface area contributed by atoms with Gasteiger partial charge in [0.05, 0.1) is 0 Å². The first-order valence-corrected chi connectivity index (χ1v) is 5.57. The summed E-state index contributed by atoms with van der Waals surface area (Å²) in [6, 6.07) is 0. The van der Waals surface area contributed by atoms with Gasteiger partial charge >= 0.3 is 0 Å². The summed E-state index contributed by atoms with van der Waals surface area (Å²) in [5, 5.41) is 0. The Labute approximate surface area is 86.0 Å². The quantitative estimate of drug-likeness (QED) is 0.585. The van der Waals surface area contributed by atoms with Gasteiger partial charge < -0.3 is 4.90 Å². The lowest BCUT2D eigenvalue weighted by molar-refractivity contribution is -0.141. The monoisotopic (exact) mass is 193 g/mol. The topological polar surface area (TPSA) is 20.3 Å². The Kier molecular flexibility index (Phi) is 2.38. The van der Waals surface area contributed by atoms with Crippen LogP contribution in [0.4, 0.5) is 0 Å². The van der Waals surface area contributed by atoms with Gasteiger partial charge in [0.25, 0.3) is 0 Å². The van der Waals surface area contributed by atoms with Crippen molar-refractivity contribution in [2.24, 2.45) is 11.3 Å². The molecule has 0 aromatic carbocycles. The van der Waals surface area contributed by atoms with E-state index < -0.39 is 0 Å². The fourth-order valence-electron chi connectivity index (χ4n) is 3.10. The number of carbonyl (C=O) groups excluding carboxylic acids is 1. The fraction of sp³-hybridized carbons (Fsp3) is 0.750. The van der Waals surface area contributed by atoms with E-state index >= 15 is 0 Å². The molecule has 0 radical (unpaired) electrons. The van der Waals surface area contributed by atoms with Crippen LogP contribution in [0.2, 0.25) is 0 Å². The molecule has 1 saturated carbocycles. The molecule has 1 aliphatic carbocycles. The Hall–Kier alpha value is -0.790. The second-order valence-corrected chi connectivity index (χ2v) is 5.10. The second kappa shape index (κ2) is 3.41. The van der Waals surface area contributed by atoms with Crippen molar-refractivity contribution >= 4 is 5.91 Å². The Morgan fingerprint density at radius 2 is 2.29 bits per heavy atom. The molecule has 2 aliphatic rings. The highest BCUT2D eigenvalue weighted by Crippen LogP contribution is 2.45. The third kappa shape index (κ3) is 1.58. The van der Waals surface area contributed by atoms with Crippen LogP contribution in [0.15, 0.2) is 12.7 Å². The summed E-state index contributed by atoms with van der Waals surface area (Å²) in [6.45, 7) is 7.80. The molecular weight excluding hydrogens is 174 g/mol. The van der Waals surface area contributed by atoms with E-state index in [9.17, 15) is 4.79 Å². The molecule has 0 aromatic heterocycles. The first-order chi connectivity index (χ1) is 6.65. The maximum Gasteiger partial charge on any atom is 0.245 e. The predicted octanol–water partition coefficient (Wildman–Crippen LogP) is 2.21. The van der Waals surface area contributed by atoms with Crippen molar-refractivity contribution in [2.75, 3.05) is 13.1 Å². The standard InChI is InChI=1S/C12H19NO/c1-3-11(14)13-8-12(9-13)6-4-5-10(2)7-12/h3,10H,1,4-9H2,2H3. The van der Waals surface area contributed by atoms with Gasteiger partial charge in [-0.2, -0.15) is 0 Å². The van der Waals surface area contributed by atoms with Crippen molar-refractivity contribution in [2.45, 2.75) is 32.6 Å². The van der Waals surface area contributed by atoms with Crippen LogP contribution in [0, 0.1) is 11.3 Å². The highest BCUT2D eigenvalue weighted by Gasteiger charge is 2.46. The zero-order valence-corrected chi connectivity index (χ0v) is 8.96. The molecule has 2 heteroatoms. The third-order valence-electron chi connectivity index (χ3n) is 3.72. The second-order valence-electron chi connectivity index (χ2n) is 5.10. The predicted molar refractivity (Wildman–Crippen MR) is 56.8 cm³/mol. The van der Waals surface area contributed by atoms with Gasteiger partial charge in [0, 0.05) is 18.5 Å². The summed E-state index contributed by atoms with van der Waals surface area (Å²) in [5.41, 5.74) is 0.482. The van der Waals surface area contributed by atoms with Crippen molar-refractivity contribution in [3.63, 3.8) is 0 Å². The minimum absolute atomic E-state index is 0.105. The summed E-state index contributed by atoms with van der Waals surface area (Å²) < 4.78 is 0. The maximum atomic E-state index is 11.3. The van der Waals surface area contributed by atoms with Crippen molar-refractivity contribution in [1.29, 1.82) is 0 Å². The first kappa shape index (κ1) is 9.75. The molecule has 2 rings (SSSR count). The molecular formula is C12H19NO. The van der Waals surface area contributed by atoms with E-state index in [1.54, 1.807) is 0 Å². The summed E-state index contributed by atoms with van der Waals surface area (Å²) in [4.78, 5) is 13.2. The van der Waals surface area contributed by atoms with Gasteiger partial charge in [-0.1, -0.05) is 26.3 Å². The smallest absolute Gasteiger partial charge is 0.245 e. The van der Waals surface area contributed by atoms with Gasteiger partial charge in [-0.3, -0.25) is 4.79 Å². The Morgan fingerprint density at radius 3 is 2.86 bits per heavy atom. The van der Waals surface area contributed by atoms with Crippen LogP contribution in [-0.4, -0.2) is 23.9 Å². The van der Waals surface area contributed by atoms with Crippen LogP contribution >= 0.6 is 0 Å². The molecule has 1 amide bonds. The highest BCUT2D eigenvalue weighted by molar-refractivity contribution is 5.87. The summed E-state index contributed by atoms with van der Waals surface area (Å²) in [6.07, 6.45) is 6.78. The van der Waals surface area contributed by atoms with E-state index in [-0.39, 0.29) is 5.91 Å². The van der Waals surface area contributed by atoms with E-state index in [1.807, 2.05) is 4.90 Å². The first-order valence-electron chi connectivity index (χ1n) is 5.57. The third-order valence-corrected chi connectivity index (χ3v) is 3.72. The zero-order chi connectivity index (χ0) is 10.2. The SMILES string of the molecule is C=CC(=O)N1CC2(CCCC(C)C2)C1. The van der Waals surface area contributed by atoms with Gasteiger partial charge in [0.2, 0.25) is 5.91 Å². The van der Waals surface area contributed by atoms with Crippen LogP contribution < -0.4 is 0 Å². The van der Waals surface area contributed by atoms with Gasteiger partial charge in [-0.05, 0) is 24.8 Å². The number of hydrogen-bond acceptors (Lipinski definition) is 1. The number of amides is 1. The fourth-order valence-corrected chi connectivity index (χ4v) is 3.10. The van der Waals surface area contributed by atoms with Gasteiger partial charge in [0.1, 0.15) is 0 Å². The number of likely N-dealkylation sites (tertiary alicyclic amines) is 1. The lowest BCUT2D eigenvalue weighted by Gasteiger charge is -2.53. The van der Waals surface area contributed by atoms with Crippen LogP contribution in [0.3, 0.4) is 0 Å². The van der Waals surface area contributed by atoms with Crippen molar-refractivity contribution < 1.29 is 4.79 Å². The van der Waals surface area contributed by atoms with Gasteiger partial charge in [-0.25, -0.2) is 0 Å². The molecule has 2 fully saturated rings. The molecule has 1 aliphatic heterocycles. The lowest BCUT2D eigenvalue weighted by Crippen LogP contribution is -2.59. The molecule has 1 saturated heterocycles. The van der Waals surface area contributed by atoms with Crippen LogP contribution in [0.25, 0.3) is 0 Å². The van der Waals surface area contributed by atoms with E-state index in [0.29, 0.717) is 5.41 Å². The Morgan fingerprint density at radius 1 is 1.57 bits per heavy atom. The molecule has 14 heavy (non-hydrogen) atoms. The molecule has 78 valence electrons. The van der Waals surface area contributed by atoms with Gasteiger partial charge in [0.15, 0.2) is 0 Å². The molecule has 1 spiro atoms. The minimum atomic E-state index is 0.105. The molecule has 2 nitrogen and oxygen atoms in total. The maximum absolute atomic E-state index is 11.3. The van der Waals surface area contributed by atoms with Crippen LogP contribution in [0.5, 0.6) is 0 Å². The van der Waals surface area contributed by atoms with E-state index in [4.69, 9.17) is 0 Å². The lowest BCUT2D eigenvalue weighted by atomic mass is 9.65. The molecule has 0 aromatic rings. The number of carbonyl (C=O) groups is 1. The number of hydrogen-bond donors (Lipinski definition) is 0. The van der Waals surface area contributed by atoms with E-state index in [1.165, 1.54) is 31.8 Å². The van der Waals surface area contributed by atoms with E-state index in [0.717, 1.165) is 19.0 Å². The number of rotatable bonds is 1. The Balaban J connectivity index is 1.90. The van der Waals surface area contributed by atoms with E-state index in [2.05, 4.69) is 13.5 Å². The molecule has 1 unspecified atom stereocenters. The van der Waals surface area contributed by atoms with Crippen LogP contribution in [0.1, 0.15) is 32.6 Å².